The molecule has 1 N–H and O–H groups in total. The number of amides is 1. The third kappa shape index (κ3) is 6.13. The van der Waals surface area contributed by atoms with Crippen LogP contribution < -0.4 is 14.8 Å². The Labute approximate surface area is 184 Å². The molecule has 0 spiro atoms. The number of aromatic nitrogens is 2. The van der Waals surface area contributed by atoms with Crippen molar-refractivity contribution in [1.29, 1.82) is 0 Å². The number of nitrogens with one attached hydrogen (secondary N) is 1. The van der Waals surface area contributed by atoms with Gasteiger partial charge in [0.25, 0.3) is 5.91 Å². The summed E-state index contributed by atoms with van der Waals surface area (Å²) in [7, 11) is 0. The molecule has 2 aromatic carbocycles. The van der Waals surface area contributed by atoms with Crippen molar-refractivity contribution in [2.75, 3.05) is 0 Å². The maximum absolute atomic E-state index is 12.6. The molecule has 6 nitrogen and oxygen atoms in total. The van der Waals surface area contributed by atoms with E-state index in [2.05, 4.69) is 15.3 Å². The number of ether oxygens (including phenoxy) is 2. The summed E-state index contributed by atoms with van der Waals surface area (Å²) in [5.41, 5.74) is 4.98. The van der Waals surface area contributed by atoms with Gasteiger partial charge in [-0.3, -0.25) is 9.78 Å². The number of carbonyl (C=O) groups is 1. The van der Waals surface area contributed by atoms with Gasteiger partial charge in [0, 0.05) is 23.7 Å². The van der Waals surface area contributed by atoms with Gasteiger partial charge in [-0.2, -0.15) is 0 Å². The highest BCUT2D eigenvalue weighted by atomic mass is 32.1. The Morgan fingerprint density at radius 3 is 2.45 bits per heavy atom. The lowest BCUT2D eigenvalue weighted by Gasteiger charge is -2.10. The normalized spacial score (nSPS) is 10.5. The Morgan fingerprint density at radius 2 is 1.68 bits per heavy atom. The van der Waals surface area contributed by atoms with Gasteiger partial charge in [-0.1, -0.05) is 24.3 Å². The van der Waals surface area contributed by atoms with E-state index < -0.39 is 0 Å². The first-order valence-electron chi connectivity index (χ1n) is 9.76. The summed E-state index contributed by atoms with van der Waals surface area (Å²) in [6.07, 6.45) is 1.74. The van der Waals surface area contributed by atoms with E-state index in [4.69, 9.17) is 9.47 Å². The second-order valence-corrected chi connectivity index (χ2v) is 7.45. The van der Waals surface area contributed by atoms with Gasteiger partial charge in [-0.05, 0) is 48.0 Å². The van der Waals surface area contributed by atoms with Crippen LogP contribution in [0.25, 0.3) is 0 Å². The van der Waals surface area contributed by atoms with Gasteiger partial charge in [-0.25, -0.2) is 4.98 Å². The molecule has 7 heteroatoms. The van der Waals surface area contributed by atoms with Crippen molar-refractivity contribution in [1.82, 2.24) is 15.3 Å². The molecule has 0 aliphatic carbocycles. The van der Waals surface area contributed by atoms with Crippen molar-refractivity contribution in [3.63, 3.8) is 0 Å². The lowest BCUT2D eigenvalue weighted by atomic mass is 10.1. The molecule has 4 rings (SSSR count). The largest absolute Gasteiger partial charge is 0.487 e. The average molecular weight is 432 g/mol. The second-order valence-electron chi connectivity index (χ2n) is 6.74. The predicted molar refractivity (Wildman–Crippen MR) is 119 cm³/mol. The van der Waals surface area contributed by atoms with Crippen LogP contribution in [-0.2, 0) is 19.8 Å². The van der Waals surface area contributed by atoms with Gasteiger partial charge in [0.1, 0.15) is 24.7 Å². The quantitative estimate of drug-likeness (QED) is 0.418. The van der Waals surface area contributed by atoms with Gasteiger partial charge >= 0.3 is 0 Å². The molecule has 0 saturated heterocycles. The highest BCUT2D eigenvalue weighted by Crippen LogP contribution is 2.17. The van der Waals surface area contributed by atoms with E-state index in [9.17, 15) is 4.79 Å². The molecule has 2 heterocycles. The molecule has 0 atom stereocenters. The zero-order valence-corrected chi connectivity index (χ0v) is 17.5. The van der Waals surface area contributed by atoms with Crippen molar-refractivity contribution in [2.24, 2.45) is 0 Å². The molecule has 0 saturated carbocycles. The van der Waals surface area contributed by atoms with Crippen LogP contribution in [-0.4, -0.2) is 15.9 Å². The molecule has 1 amide bonds. The summed E-state index contributed by atoms with van der Waals surface area (Å²) < 4.78 is 11.5. The summed E-state index contributed by atoms with van der Waals surface area (Å²) in [6, 6.07) is 20.5. The molecule has 0 radical (unpaired) electrons. The number of thiazole rings is 1. The van der Waals surface area contributed by atoms with Crippen LogP contribution >= 0.6 is 11.3 Å². The van der Waals surface area contributed by atoms with E-state index >= 15 is 0 Å². The zero-order valence-electron chi connectivity index (χ0n) is 16.7. The molecule has 0 unspecified atom stereocenters. The Bertz CT molecular complexity index is 1120. The van der Waals surface area contributed by atoms with Crippen LogP contribution in [0.3, 0.4) is 0 Å². The van der Waals surface area contributed by atoms with Gasteiger partial charge in [0.15, 0.2) is 0 Å². The lowest BCUT2D eigenvalue weighted by Crippen LogP contribution is -2.22. The molecular weight excluding hydrogens is 410 g/mol. The Kier molecular flexibility index (Phi) is 6.87. The van der Waals surface area contributed by atoms with E-state index in [0.29, 0.717) is 31.1 Å². The predicted octanol–water partition coefficient (Wildman–Crippen LogP) is 4.63. The van der Waals surface area contributed by atoms with E-state index in [0.717, 1.165) is 22.7 Å². The molecular formula is C24H21N3O3S. The zero-order chi connectivity index (χ0) is 21.3. The highest BCUT2D eigenvalue weighted by Gasteiger charge is 2.08. The van der Waals surface area contributed by atoms with E-state index in [1.165, 1.54) is 11.3 Å². The van der Waals surface area contributed by atoms with Crippen LogP contribution in [0.5, 0.6) is 11.5 Å². The first-order valence-corrected chi connectivity index (χ1v) is 10.7. The number of rotatable bonds is 9. The fourth-order valence-electron chi connectivity index (χ4n) is 2.86. The van der Waals surface area contributed by atoms with Gasteiger partial charge in [-0.15, -0.1) is 11.3 Å². The number of nitrogens with zero attached hydrogens (tertiary/aromatic N) is 2. The Balaban J connectivity index is 1.30. The topological polar surface area (TPSA) is 73.3 Å². The molecule has 0 bridgehead atoms. The standard InChI is InChI=1S/C24H21N3O3S/c28-24(19-6-4-9-23(12-19)30-15-21-16-31-17-27-21)26-13-18-5-3-8-22(11-18)29-14-20-7-1-2-10-25-20/h1-12,16-17H,13-15H2,(H,26,28). The third-order valence-electron chi connectivity index (χ3n) is 4.43. The molecule has 31 heavy (non-hydrogen) atoms. The molecule has 2 aromatic heterocycles. The SMILES string of the molecule is O=C(NCc1cccc(OCc2ccccn2)c1)c1cccc(OCc2cscn2)c1. The van der Waals surface area contributed by atoms with Crippen molar-refractivity contribution in [3.8, 4) is 11.5 Å². The van der Waals surface area contributed by atoms with Crippen molar-refractivity contribution in [3.05, 3.63) is 106 Å². The maximum atomic E-state index is 12.6. The minimum atomic E-state index is -0.168. The number of hydrogen-bond acceptors (Lipinski definition) is 6. The Morgan fingerprint density at radius 1 is 0.871 bits per heavy atom. The van der Waals surface area contributed by atoms with Crippen LogP contribution in [0.1, 0.15) is 27.3 Å². The van der Waals surface area contributed by atoms with Crippen LogP contribution in [0.4, 0.5) is 0 Å². The summed E-state index contributed by atoms with van der Waals surface area (Å²) in [5.74, 6) is 1.19. The number of carbonyl (C=O) groups excluding carboxylic acids is 1. The van der Waals surface area contributed by atoms with Crippen LogP contribution in [0.2, 0.25) is 0 Å². The summed E-state index contributed by atoms with van der Waals surface area (Å²) in [4.78, 5) is 21.0. The van der Waals surface area contributed by atoms with E-state index in [-0.39, 0.29) is 5.91 Å². The molecule has 156 valence electrons. The first kappa shape index (κ1) is 20.6. The summed E-state index contributed by atoms with van der Waals surface area (Å²) >= 11 is 1.52. The Hall–Kier alpha value is -3.71. The van der Waals surface area contributed by atoms with Crippen LogP contribution in [0.15, 0.2) is 83.8 Å². The van der Waals surface area contributed by atoms with Crippen molar-refractivity contribution in [2.45, 2.75) is 19.8 Å². The second kappa shape index (κ2) is 10.4. The number of benzene rings is 2. The van der Waals surface area contributed by atoms with Crippen LogP contribution in [0, 0.1) is 0 Å². The fraction of sp³-hybridized carbons (Fsp3) is 0.125. The van der Waals surface area contributed by atoms with Gasteiger partial charge in [0.05, 0.1) is 16.9 Å². The van der Waals surface area contributed by atoms with E-state index in [1.807, 2.05) is 53.9 Å². The minimum Gasteiger partial charge on any atom is -0.487 e. The average Bonchev–Trinajstić information content (AvgIpc) is 3.35. The number of pyridine rings is 1. The van der Waals surface area contributed by atoms with Crippen molar-refractivity contribution >= 4 is 17.2 Å². The third-order valence-corrected chi connectivity index (χ3v) is 5.07. The monoisotopic (exact) mass is 431 g/mol. The molecule has 0 fully saturated rings. The molecule has 4 aromatic rings. The van der Waals surface area contributed by atoms with E-state index in [1.54, 1.807) is 29.9 Å². The minimum absolute atomic E-state index is 0.168. The van der Waals surface area contributed by atoms with Gasteiger partial charge in [0.2, 0.25) is 0 Å². The maximum Gasteiger partial charge on any atom is 0.251 e. The highest BCUT2D eigenvalue weighted by molar-refractivity contribution is 7.07. The molecule has 0 aliphatic heterocycles. The number of hydrogen-bond donors (Lipinski definition) is 1. The lowest BCUT2D eigenvalue weighted by molar-refractivity contribution is 0.0950. The fourth-order valence-corrected chi connectivity index (χ4v) is 3.41. The summed E-state index contributed by atoms with van der Waals surface area (Å²) in [6.45, 7) is 1.16. The summed E-state index contributed by atoms with van der Waals surface area (Å²) in [5, 5.41) is 4.88. The van der Waals surface area contributed by atoms with Gasteiger partial charge < -0.3 is 14.8 Å². The molecule has 0 aliphatic rings. The first-order chi connectivity index (χ1) is 15.3. The van der Waals surface area contributed by atoms with Crippen molar-refractivity contribution < 1.29 is 14.3 Å². The smallest absolute Gasteiger partial charge is 0.251 e.